The summed E-state index contributed by atoms with van der Waals surface area (Å²) in [5.74, 6) is 0.380. The Morgan fingerprint density at radius 3 is 2.39 bits per heavy atom. The number of carbonyl (C=O) groups is 1. The van der Waals surface area contributed by atoms with Crippen molar-refractivity contribution in [2.75, 3.05) is 51.2 Å². The van der Waals surface area contributed by atoms with Crippen molar-refractivity contribution in [1.82, 2.24) is 19.7 Å². The predicted octanol–water partition coefficient (Wildman–Crippen LogP) is 4.66. The van der Waals surface area contributed by atoms with Gasteiger partial charge in [-0.05, 0) is 74.4 Å². The van der Waals surface area contributed by atoms with Gasteiger partial charge in [-0.1, -0.05) is 23.7 Å². The summed E-state index contributed by atoms with van der Waals surface area (Å²) < 4.78 is 47.1. The molecule has 1 aromatic heterocycles. The molecule has 0 aliphatic carbocycles. The summed E-state index contributed by atoms with van der Waals surface area (Å²) in [5.41, 5.74) is 0.0304. The Morgan fingerprint density at radius 1 is 1.00 bits per heavy atom. The summed E-state index contributed by atoms with van der Waals surface area (Å²) in [4.78, 5) is 26.5. The molecule has 0 bridgehead atoms. The van der Waals surface area contributed by atoms with E-state index < -0.39 is 33.6 Å². The van der Waals surface area contributed by atoms with Gasteiger partial charge in [-0.2, -0.15) is 0 Å². The van der Waals surface area contributed by atoms with E-state index in [-0.39, 0.29) is 29.4 Å². The molecule has 270 valence electrons. The van der Waals surface area contributed by atoms with E-state index in [1.807, 2.05) is 18.2 Å². The maximum Gasteiger partial charge on any atom is 0.271 e. The Morgan fingerprint density at radius 2 is 1.75 bits per heavy atom. The average Bonchev–Trinajstić information content (AvgIpc) is 3.85. The summed E-state index contributed by atoms with van der Waals surface area (Å²) in [6.07, 6.45) is 2.25. The van der Waals surface area contributed by atoms with Crippen LogP contribution in [0.1, 0.15) is 48.9 Å². The standard InChI is InChI=1S/C37H42ClN5O7S/c1-24(2)41-16-14-40(15-17-41)22-25-5-11-30(34(19-25)49-4)37(42-23-27(44)21-33(42)35-39-13-18-50-35)31-20-26(38)6-12-32(31)43(36(37)45)51(46,47)29-9-7-28(48-3)8-10-29/h5-13,18-20,24,27,33,44H,14-17,21-23H2,1-4H3. The molecule has 4 heterocycles. The van der Waals surface area contributed by atoms with Crippen LogP contribution < -0.4 is 13.8 Å². The number of nitrogens with zero attached hydrogens (tertiary/aromatic N) is 5. The Kier molecular flexibility index (Phi) is 9.63. The van der Waals surface area contributed by atoms with Crippen molar-refractivity contribution < 1.29 is 32.2 Å². The lowest BCUT2D eigenvalue weighted by molar-refractivity contribution is -0.127. The summed E-state index contributed by atoms with van der Waals surface area (Å²) in [7, 11) is -1.46. The number of halogens is 1. The second-order valence-electron chi connectivity index (χ2n) is 13.5. The van der Waals surface area contributed by atoms with E-state index >= 15 is 4.79 Å². The van der Waals surface area contributed by atoms with Gasteiger partial charge >= 0.3 is 0 Å². The number of hydrogen-bond donors (Lipinski definition) is 1. The maximum absolute atomic E-state index is 15.5. The molecule has 1 N–H and O–H groups in total. The normalized spacial score (nSPS) is 23.3. The fourth-order valence-corrected chi connectivity index (χ4v) is 9.41. The largest absolute Gasteiger partial charge is 0.497 e. The van der Waals surface area contributed by atoms with Gasteiger partial charge in [0.1, 0.15) is 17.8 Å². The van der Waals surface area contributed by atoms with Gasteiger partial charge in [-0.15, -0.1) is 0 Å². The van der Waals surface area contributed by atoms with Crippen LogP contribution in [0.25, 0.3) is 0 Å². The van der Waals surface area contributed by atoms with Crippen LogP contribution in [0.3, 0.4) is 0 Å². The maximum atomic E-state index is 15.5. The molecule has 2 saturated heterocycles. The highest BCUT2D eigenvalue weighted by molar-refractivity contribution is 7.93. The monoisotopic (exact) mass is 735 g/mol. The number of β-amino-alcohol motifs (C(OH)–C–C–N with tert-alkyl or cyclic N) is 1. The molecule has 7 rings (SSSR count). The van der Waals surface area contributed by atoms with Crippen molar-refractivity contribution in [2.45, 2.75) is 55.4 Å². The fraction of sp³-hybridized carbons (Fsp3) is 0.405. The molecular weight excluding hydrogens is 694 g/mol. The first-order valence-electron chi connectivity index (χ1n) is 17.0. The quantitative estimate of drug-likeness (QED) is 0.244. The molecule has 14 heteroatoms. The van der Waals surface area contributed by atoms with Gasteiger partial charge in [0.05, 0.1) is 43.1 Å². The second-order valence-corrected chi connectivity index (χ2v) is 15.7. The fourth-order valence-electron chi connectivity index (χ4n) is 7.78. The smallest absolute Gasteiger partial charge is 0.271 e. The molecule has 0 radical (unpaired) electrons. The van der Waals surface area contributed by atoms with Gasteiger partial charge < -0.3 is 19.0 Å². The third-order valence-electron chi connectivity index (χ3n) is 10.3. The molecule has 3 unspecified atom stereocenters. The SMILES string of the molecule is COc1ccc(S(=O)(=O)N2C(=O)C(c3ccc(CN4CCN(C(C)C)CC4)cc3OC)(N3CC(O)CC3c3ncco3)c3cc(Cl)ccc32)cc1. The Balaban J connectivity index is 1.40. The van der Waals surface area contributed by atoms with E-state index in [0.29, 0.717) is 40.2 Å². The van der Waals surface area contributed by atoms with Crippen LogP contribution in [0.2, 0.25) is 5.02 Å². The molecule has 0 spiro atoms. The minimum atomic E-state index is -4.48. The number of rotatable bonds is 10. The van der Waals surface area contributed by atoms with E-state index in [9.17, 15) is 13.5 Å². The van der Waals surface area contributed by atoms with Gasteiger partial charge in [-0.25, -0.2) is 17.7 Å². The summed E-state index contributed by atoms with van der Waals surface area (Å²) in [5, 5.41) is 11.5. The molecule has 1 amide bonds. The number of fused-ring (bicyclic) bond motifs is 1. The lowest BCUT2D eigenvalue weighted by Gasteiger charge is -2.41. The molecule has 12 nitrogen and oxygen atoms in total. The zero-order valence-electron chi connectivity index (χ0n) is 29.0. The first-order chi connectivity index (χ1) is 24.5. The minimum Gasteiger partial charge on any atom is -0.497 e. The second kappa shape index (κ2) is 13.9. The number of oxazole rings is 1. The number of likely N-dealkylation sites (tertiary alicyclic amines) is 1. The first kappa shape index (κ1) is 35.4. The van der Waals surface area contributed by atoms with Crippen LogP contribution in [0.5, 0.6) is 11.5 Å². The zero-order valence-corrected chi connectivity index (χ0v) is 30.6. The number of anilines is 1. The predicted molar refractivity (Wildman–Crippen MR) is 191 cm³/mol. The van der Waals surface area contributed by atoms with Crippen LogP contribution in [-0.2, 0) is 26.9 Å². The summed E-state index contributed by atoms with van der Waals surface area (Å²) in [6.45, 7) is 8.87. The number of piperazine rings is 1. The highest BCUT2D eigenvalue weighted by Crippen LogP contribution is 2.57. The molecular formula is C37H42ClN5O7S. The molecule has 3 aliphatic heterocycles. The van der Waals surface area contributed by atoms with Crippen LogP contribution >= 0.6 is 11.6 Å². The van der Waals surface area contributed by atoms with E-state index in [1.54, 1.807) is 23.1 Å². The topological polar surface area (TPSA) is 129 Å². The highest BCUT2D eigenvalue weighted by atomic mass is 35.5. The number of ether oxygens (including phenoxy) is 2. The number of methoxy groups -OCH3 is 2. The molecule has 3 atom stereocenters. The van der Waals surface area contributed by atoms with Gasteiger partial charge in [0, 0.05) is 61.5 Å². The Labute approximate surface area is 303 Å². The number of benzene rings is 3. The van der Waals surface area contributed by atoms with Crippen LogP contribution in [0, 0.1) is 0 Å². The van der Waals surface area contributed by atoms with E-state index in [4.69, 9.17) is 25.5 Å². The van der Waals surface area contributed by atoms with Gasteiger partial charge in [0.25, 0.3) is 15.9 Å². The highest BCUT2D eigenvalue weighted by Gasteiger charge is 2.63. The van der Waals surface area contributed by atoms with Gasteiger partial charge in [0.15, 0.2) is 5.54 Å². The number of aliphatic hydroxyl groups excluding tert-OH is 1. The lowest BCUT2D eigenvalue weighted by Crippen LogP contribution is -2.55. The molecule has 51 heavy (non-hydrogen) atoms. The van der Waals surface area contributed by atoms with Crippen molar-refractivity contribution in [3.63, 3.8) is 0 Å². The number of amides is 1. The van der Waals surface area contributed by atoms with Crippen LogP contribution in [0.4, 0.5) is 5.69 Å². The van der Waals surface area contributed by atoms with Gasteiger partial charge in [0.2, 0.25) is 5.89 Å². The molecule has 0 saturated carbocycles. The van der Waals surface area contributed by atoms with Crippen molar-refractivity contribution in [2.24, 2.45) is 0 Å². The number of sulfonamides is 1. The zero-order chi connectivity index (χ0) is 36.1. The van der Waals surface area contributed by atoms with Crippen LogP contribution in [-0.4, -0.2) is 98.2 Å². The third kappa shape index (κ3) is 6.09. The molecule has 4 aromatic rings. The third-order valence-corrected chi connectivity index (χ3v) is 12.3. The Hall–Kier alpha value is -3.98. The van der Waals surface area contributed by atoms with Crippen molar-refractivity contribution in [3.8, 4) is 11.5 Å². The molecule has 3 aromatic carbocycles. The molecule has 3 aliphatic rings. The van der Waals surface area contributed by atoms with Crippen molar-refractivity contribution in [3.05, 3.63) is 101 Å². The van der Waals surface area contributed by atoms with Crippen molar-refractivity contribution >= 4 is 33.2 Å². The number of aliphatic hydroxyl groups is 1. The average molecular weight is 736 g/mol. The summed E-state index contributed by atoms with van der Waals surface area (Å²) >= 11 is 6.67. The number of carbonyl (C=O) groups excluding carboxylic acids is 1. The van der Waals surface area contributed by atoms with E-state index in [0.717, 1.165) is 36.0 Å². The van der Waals surface area contributed by atoms with Gasteiger partial charge in [-0.3, -0.25) is 19.5 Å². The van der Waals surface area contributed by atoms with Crippen molar-refractivity contribution in [1.29, 1.82) is 0 Å². The van der Waals surface area contributed by atoms with Crippen LogP contribution in [0.15, 0.2) is 82.4 Å². The van der Waals surface area contributed by atoms with E-state index in [1.165, 1.54) is 50.9 Å². The summed E-state index contributed by atoms with van der Waals surface area (Å²) in [6, 6.07) is 16.1. The molecule has 2 fully saturated rings. The number of aromatic nitrogens is 1. The first-order valence-corrected chi connectivity index (χ1v) is 18.8. The van der Waals surface area contributed by atoms with E-state index in [2.05, 4.69) is 28.6 Å². The number of hydrogen-bond acceptors (Lipinski definition) is 11. The lowest BCUT2D eigenvalue weighted by atomic mass is 9.80. The minimum absolute atomic E-state index is 0.00615. The Bertz CT molecular complexity index is 2000.